The molecule has 136 valence electrons. The predicted octanol–water partition coefficient (Wildman–Crippen LogP) is 3.44. The fraction of sp³-hybridized carbons (Fsp3) is 0.632. The highest BCUT2D eigenvalue weighted by atomic mass is 35.5. The molecule has 1 fully saturated rings. The molecular formula is C19H31ClN2O2. The molecule has 0 saturated heterocycles. The summed E-state index contributed by atoms with van der Waals surface area (Å²) in [5, 5.41) is 6.51. The summed E-state index contributed by atoms with van der Waals surface area (Å²) in [4.78, 5) is 11.7. The van der Waals surface area contributed by atoms with Gasteiger partial charge in [-0.1, -0.05) is 56.0 Å². The molecule has 0 bridgehead atoms. The van der Waals surface area contributed by atoms with Crippen LogP contribution in [0.25, 0.3) is 0 Å². The number of amides is 1. The third kappa shape index (κ3) is 9.26. The Kier molecular flexibility index (Phi) is 11.5. The van der Waals surface area contributed by atoms with Gasteiger partial charge in [0.2, 0.25) is 5.91 Å². The maximum atomic E-state index is 11.7. The summed E-state index contributed by atoms with van der Waals surface area (Å²) in [5.74, 6) is 0.0701. The van der Waals surface area contributed by atoms with E-state index in [1.807, 2.05) is 30.3 Å². The number of benzene rings is 1. The molecule has 0 radical (unpaired) electrons. The molecule has 1 aliphatic rings. The lowest BCUT2D eigenvalue weighted by molar-refractivity contribution is -0.122. The van der Waals surface area contributed by atoms with E-state index < -0.39 is 0 Å². The first-order chi connectivity index (χ1) is 11.3. The average Bonchev–Trinajstić information content (AvgIpc) is 2.85. The Hall–Kier alpha value is -1.10. The zero-order chi connectivity index (χ0) is 16.2. The average molecular weight is 355 g/mol. The Bertz CT molecular complexity index is 434. The van der Waals surface area contributed by atoms with E-state index in [0.717, 1.165) is 12.1 Å². The van der Waals surface area contributed by atoms with Crippen molar-refractivity contribution in [2.24, 2.45) is 0 Å². The lowest BCUT2D eigenvalue weighted by Gasteiger charge is -2.16. The molecule has 1 aromatic rings. The molecule has 0 heterocycles. The van der Waals surface area contributed by atoms with Crippen LogP contribution in [0.1, 0.15) is 50.5 Å². The van der Waals surface area contributed by atoms with Crippen LogP contribution in [0.4, 0.5) is 0 Å². The molecule has 1 amide bonds. The highest BCUT2D eigenvalue weighted by Crippen LogP contribution is 2.16. The molecule has 1 aromatic carbocycles. The molecule has 0 unspecified atom stereocenters. The lowest BCUT2D eigenvalue weighted by Crippen LogP contribution is -2.37. The zero-order valence-electron chi connectivity index (χ0n) is 14.5. The van der Waals surface area contributed by atoms with Gasteiger partial charge in [0, 0.05) is 25.6 Å². The van der Waals surface area contributed by atoms with Gasteiger partial charge in [-0.15, -0.1) is 12.4 Å². The van der Waals surface area contributed by atoms with Crippen molar-refractivity contribution in [2.45, 2.75) is 57.6 Å². The van der Waals surface area contributed by atoms with Gasteiger partial charge in [-0.25, -0.2) is 0 Å². The van der Waals surface area contributed by atoms with E-state index in [-0.39, 0.29) is 18.3 Å². The van der Waals surface area contributed by atoms with Gasteiger partial charge in [0.05, 0.1) is 13.2 Å². The molecule has 0 aromatic heterocycles. The van der Waals surface area contributed by atoms with Crippen LogP contribution in [0.2, 0.25) is 0 Å². The number of rotatable bonds is 9. The van der Waals surface area contributed by atoms with Crippen molar-refractivity contribution in [2.75, 3.05) is 19.7 Å². The second-order valence-electron chi connectivity index (χ2n) is 6.28. The minimum absolute atomic E-state index is 0. The quantitative estimate of drug-likeness (QED) is 0.527. The lowest BCUT2D eigenvalue weighted by atomic mass is 10.1. The Morgan fingerprint density at radius 2 is 1.75 bits per heavy atom. The second kappa shape index (κ2) is 13.2. The Morgan fingerprint density at radius 3 is 2.46 bits per heavy atom. The standard InChI is InChI=1S/C19H30N2O2.ClH/c22-19(12-15-23-16-17-8-4-3-5-9-17)21-14-13-20-18-10-6-1-2-7-11-18;/h3-5,8-9,18,20H,1-2,6-7,10-16H2,(H,21,22);1H. The zero-order valence-corrected chi connectivity index (χ0v) is 15.3. The van der Waals surface area contributed by atoms with Gasteiger partial charge in [-0.05, 0) is 18.4 Å². The van der Waals surface area contributed by atoms with E-state index in [2.05, 4.69) is 10.6 Å². The van der Waals surface area contributed by atoms with Crippen LogP contribution < -0.4 is 10.6 Å². The summed E-state index contributed by atoms with van der Waals surface area (Å²) < 4.78 is 5.53. The maximum Gasteiger partial charge on any atom is 0.222 e. The number of carbonyl (C=O) groups is 1. The second-order valence-corrected chi connectivity index (χ2v) is 6.28. The van der Waals surface area contributed by atoms with E-state index in [9.17, 15) is 4.79 Å². The smallest absolute Gasteiger partial charge is 0.222 e. The van der Waals surface area contributed by atoms with Gasteiger partial charge in [-0.2, -0.15) is 0 Å². The van der Waals surface area contributed by atoms with Crippen LogP contribution in [-0.2, 0) is 16.1 Å². The van der Waals surface area contributed by atoms with Gasteiger partial charge >= 0.3 is 0 Å². The topological polar surface area (TPSA) is 50.4 Å². The number of carbonyl (C=O) groups excluding carboxylic acids is 1. The minimum Gasteiger partial charge on any atom is -0.376 e. The van der Waals surface area contributed by atoms with E-state index >= 15 is 0 Å². The van der Waals surface area contributed by atoms with Gasteiger partial charge in [0.15, 0.2) is 0 Å². The molecule has 2 rings (SSSR count). The van der Waals surface area contributed by atoms with Crippen molar-refractivity contribution in [3.05, 3.63) is 35.9 Å². The van der Waals surface area contributed by atoms with Crippen molar-refractivity contribution < 1.29 is 9.53 Å². The third-order valence-electron chi connectivity index (χ3n) is 4.32. The van der Waals surface area contributed by atoms with Crippen molar-refractivity contribution in [1.82, 2.24) is 10.6 Å². The molecule has 1 saturated carbocycles. The summed E-state index contributed by atoms with van der Waals surface area (Å²) in [6.07, 6.45) is 8.40. The largest absolute Gasteiger partial charge is 0.376 e. The van der Waals surface area contributed by atoms with Crippen molar-refractivity contribution in [3.63, 3.8) is 0 Å². The van der Waals surface area contributed by atoms with Gasteiger partial charge in [-0.3, -0.25) is 4.79 Å². The van der Waals surface area contributed by atoms with Crippen LogP contribution >= 0.6 is 12.4 Å². The van der Waals surface area contributed by atoms with E-state index in [1.165, 1.54) is 38.5 Å². The summed E-state index contributed by atoms with van der Waals surface area (Å²) in [7, 11) is 0. The first-order valence-electron chi connectivity index (χ1n) is 8.96. The van der Waals surface area contributed by atoms with Gasteiger partial charge in [0.1, 0.15) is 0 Å². The Balaban J connectivity index is 0.00000288. The number of halogens is 1. The number of nitrogens with one attached hydrogen (secondary N) is 2. The monoisotopic (exact) mass is 354 g/mol. The normalized spacial score (nSPS) is 15.3. The summed E-state index contributed by atoms with van der Waals surface area (Å²) in [5.41, 5.74) is 1.14. The molecular weight excluding hydrogens is 324 g/mol. The molecule has 2 N–H and O–H groups in total. The van der Waals surface area contributed by atoms with Crippen molar-refractivity contribution in [3.8, 4) is 0 Å². The maximum absolute atomic E-state index is 11.7. The van der Waals surface area contributed by atoms with Crippen LogP contribution in [0.5, 0.6) is 0 Å². The number of hydrogen-bond donors (Lipinski definition) is 2. The van der Waals surface area contributed by atoms with Crippen LogP contribution in [0.3, 0.4) is 0 Å². The van der Waals surface area contributed by atoms with Crippen LogP contribution in [0, 0.1) is 0 Å². The van der Waals surface area contributed by atoms with E-state index in [1.54, 1.807) is 0 Å². The summed E-state index contributed by atoms with van der Waals surface area (Å²) in [6.45, 7) is 2.60. The Labute approximate surface area is 152 Å². The van der Waals surface area contributed by atoms with Crippen molar-refractivity contribution in [1.29, 1.82) is 0 Å². The summed E-state index contributed by atoms with van der Waals surface area (Å²) in [6, 6.07) is 10.7. The molecule has 0 atom stereocenters. The van der Waals surface area contributed by atoms with Crippen LogP contribution in [0.15, 0.2) is 30.3 Å². The first kappa shape index (κ1) is 20.9. The SMILES string of the molecule is Cl.O=C(CCOCc1ccccc1)NCCNC1CCCCCC1. The minimum atomic E-state index is 0. The molecule has 4 nitrogen and oxygen atoms in total. The van der Waals surface area contributed by atoms with Gasteiger partial charge < -0.3 is 15.4 Å². The molecule has 1 aliphatic carbocycles. The van der Waals surface area contributed by atoms with Crippen molar-refractivity contribution >= 4 is 18.3 Å². The molecule has 0 aliphatic heterocycles. The molecule has 5 heteroatoms. The fourth-order valence-corrected chi connectivity index (χ4v) is 2.98. The highest BCUT2D eigenvalue weighted by Gasteiger charge is 2.10. The number of ether oxygens (including phenoxy) is 1. The number of hydrogen-bond acceptors (Lipinski definition) is 3. The fourth-order valence-electron chi connectivity index (χ4n) is 2.98. The van der Waals surface area contributed by atoms with Crippen LogP contribution in [-0.4, -0.2) is 31.6 Å². The van der Waals surface area contributed by atoms with Gasteiger partial charge in [0.25, 0.3) is 0 Å². The molecule has 0 spiro atoms. The Morgan fingerprint density at radius 1 is 1.04 bits per heavy atom. The highest BCUT2D eigenvalue weighted by molar-refractivity contribution is 5.85. The molecule has 24 heavy (non-hydrogen) atoms. The predicted molar refractivity (Wildman–Crippen MR) is 100 cm³/mol. The van der Waals surface area contributed by atoms with E-state index in [0.29, 0.717) is 32.2 Å². The third-order valence-corrected chi connectivity index (χ3v) is 4.32. The van der Waals surface area contributed by atoms with E-state index in [4.69, 9.17) is 4.74 Å². The first-order valence-corrected chi connectivity index (χ1v) is 8.96. The summed E-state index contributed by atoms with van der Waals surface area (Å²) >= 11 is 0.